The zero-order chi connectivity index (χ0) is 22.1. The lowest BCUT2D eigenvalue weighted by atomic mass is 10.2. The Kier molecular flexibility index (Phi) is 6.81. The molecule has 162 valence electrons. The van der Waals surface area contributed by atoms with Gasteiger partial charge in [-0.3, -0.25) is 4.90 Å². The molecule has 0 bridgehead atoms. The van der Waals surface area contributed by atoms with E-state index in [1.54, 1.807) is 30.3 Å². The van der Waals surface area contributed by atoms with Crippen LogP contribution in [-0.2, 0) is 29.7 Å². The van der Waals surface area contributed by atoms with Gasteiger partial charge in [0.05, 0.1) is 22.5 Å². The monoisotopic (exact) mass is 452 g/mol. The second kappa shape index (κ2) is 9.01. The van der Waals surface area contributed by atoms with Gasteiger partial charge in [-0.25, -0.2) is 22.1 Å². The predicted octanol–water partition coefficient (Wildman–Crippen LogP) is 4.12. The minimum Gasteiger partial charge on any atom is -0.327 e. The largest absolute Gasteiger partial charge is 0.327 e. The van der Waals surface area contributed by atoms with Gasteiger partial charge in [0.1, 0.15) is 11.6 Å². The van der Waals surface area contributed by atoms with Crippen LogP contribution in [0, 0.1) is 5.82 Å². The Labute approximate surface area is 181 Å². The van der Waals surface area contributed by atoms with Gasteiger partial charge in [0.2, 0.25) is 10.0 Å². The summed E-state index contributed by atoms with van der Waals surface area (Å²) in [4.78, 5) is 6.85. The van der Waals surface area contributed by atoms with Crippen molar-refractivity contribution < 1.29 is 12.8 Å². The third kappa shape index (κ3) is 4.51. The van der Waals surface area contributed by atoms with E-state index < -0.39 is 10.0 Å². The Balaban J connectivity index is 1.95. The maximum absolute atomic E-state index is 14.1. The van der Waals surface area contributed by atoms with Gasteiger partial charge in [0.25, 0.3) is 0 Å². The van der Waals surface area contributed by atoms with Gasteiger partial charge in [-0.2, -0.15) is 0 Å². The van der Waals surface area contributed by atoms with Crippen LogP contribution in [-0.4, -0.2) is 48.3 Å². The minimum absolute atomic E-state index is 0.208. The van der Waals surface area contributed by atoms with E-state index in [1.807, 2.05) is 11.9 Å². The smallest absolute Gasteiger partial charge is 0.242 e. The van der Waals surface area contributed by atoms with Crippen molar-refractivity contribution in [3.8, 4) is 0 Å². The summed E-state index contributed by atoms with van der Waals surface area (Å²) < 4.78 is 42.4. The minimum atomic E-state index is -3.54. The number of nitrogens with zero attached hydrogens (tertiary/aromatic N) is 4. The van der Waals surface area contributed by atoms with Gasteiger partial charge in [-0.05, 0) is 43.8 Å². The molecule has 3 aromatic rings. The molecule has 1 heterocycles. The van der Waals surface area contributed by atoms with Crippen molar-refractivity contribution in [1.29, 1.82) is 0 Å². The van der Waals surface area contributed by atoms with E-state index in [9.17, 15) is 12.8 Å². The Morgan fingerprint density at radius 2 is 1.87 bits per heavy atom. The molecule has 0 fully saturated rings. The van der Waals surface area contributed by atoms with Crippen LogP contribution in [0.4, 0.5) is 4.39 Å². The van der Waals surface area contributed by atoms with Gasteiger partial charge in [-0.1, -0.05) is 24.6 Å². The highest BCUT2D eigenvalue weighted by Crippen LogP contribution is 2.25. The van der Waals surface area contributed by atoms with Gasteiger partial charge in [0, 0.05) is 37.8 Å². The lowest BCUT2D eigenvalue weighted by molar-refractivity contribution is 0.300. The molecule has 0 atom stereocenters. The summed E-state index contributed by atoms with van der Waals surface area (Å²) in [5.74, 6) is 0.455. The number of sulfonamides is 1. The van der Waals surface area contributed by atoms with E-state index in [0.717, 1.165) is 24.3 Å². The number of benzene rings is 2. The molecule has 0 radical (unpaired) electrons. The van der Waals surface area contributed by atoms with Crippen molar-refractivity contribution in [3.63, 3.8) is 0 Å². The molecule has 30 heavy (non-hydrogen) atoms. The molecule has 9 heteroatoms. The van der Waals surface area contributed by atoms with Crippen LogP contribution in [0.3, 0.4) is 0 Å². The maximum atomic E-state index is 14.1. The molecule has 0 saturated heterocycles. The lowest BCUT2D eigenvalue weighted by Crippen LogP contribution is -2.22. The molecule has 6 nitrogen and oxygen atoms in total. The normalized spacial score (nSPS) is 12.4. The van der Waals surface area contributed by atoms with Crippen LogP contribution >= 0.6 is 11.6 Å². The molecule has 0 unspecified atom stereocenters. The van der Waals surface area contributed by atoms with Gasteiger partial charge in [0.15, 0.2) is 0 Å². The number of hydrogen-bond acceptors (Lipinski definition) is 4. The van der Waals surface area contributed by atoms with Crippen molar-refractivity contribution in [2.24, 2.45) is 0 Å². The third-order valence-corrected chi connectivity index (χ3v) is 7.09. The van der Waals surface area contributed by atoms with Crippen LogP contribution in [0.5, 0.6) is 0 Å². The van der Waals surface area contributed by atoms with E-state index in [2.05, 4.69) is 11.5 Å². The van der Waals surface area contributed by atoms with E-state index in [0.29, 0.717) is 29.2 Å². The molecule has 0 saturated carbocycles. The standard InChI is InChI=1S/C21H26ClFN4O2S/c1-5-11-27-20-10-9-15(30(28,29)25(2)3)12-19(20)24-21(27)14-26(4)13-16-17(22)7-6-8-18(16)23/h6-10,12H,5,11,13-14H2,1-4H3. The highest BCUT2D eigenvalue weighted by molar-refractivity contribution is 7.89. The fraction of sp³-hybridized carbons (Fsp3) is 0.381. The molecular weight excluding hydrogens is 427 g/mol. The van der Waals surface area contributed by atoms with Crippen molar-refractivity contribution in [3.05, 3.63) is 58.6 Å². The Morgan fingerprint density at radius 1 is 1.13 bits per heavy atom. The first-order valence-corrected chi connectivity index (χ1v) is 11.5. The number of rotatable bonds is 8. The molecule has 0 N–H and O–H groups in total. The molecule has 0 aliphatic rings. The van der Waals surface area contributed by atoms with Crippen LogP contribution < -0.4 is 0 Å². The van der Waals surface area contributed by atoms with Gasteiger partial charge in [-0.15, -0.1) is 0 Å². The van der Waals surface area contributed by atoms with Crippen molar-refractivity contribution in [2.45, 2.75) is 37.9 Å². The zero-order valence-corrected chi connectivity index (χ0v) is 19.1. The van der Waals surface area contributed by atoms with E-state index >= 15 is 0 Å². The Hall–Kier alpha value is -2.00. The predicted molar refractivity (Wildman–Crippen MR) is 117 cm³/mol. The maximum Gasteiger partial charge on any atom is 0.242 e. The number of halogens is 2. The Morgan fingerprint density at radius 3 is 2.50 bits per heavy atom. The molecule has 0 spiro atoms. The second-order valence-electron chi connectivity index (χ2n) is 7.49. The summed E-state index contributed by atoms with van der Waals surface area (Å²) in [6.07, 6.45) is 0.902. The first-order valence-electron chi connectivity index (χ1n) is 9.68. The highest BCUT2D eigenvalue weighted by atomic mass is 35.5. The molecule has 0 aliphatic carbocycles. The number of imidazole rings is 1. The Bertz CT molecular complexity index is 1140. The molecule has 3 rings (SSSR count). The molecule has 0 amide bonds. The summed E-state index contributed by atoms with van der Waals surface area (Å²) in [6.45, 7) is 3.62. The van der Waals surface area contributed by atoms with E-state index in [-0.39, 0.29) is 10.7 Å². The summed E-state index contributed by atoms with van der Waals surface area (Å²) in [5.41, 5.74) is 1.94. The van der Waals surface area contributed by atoms with Gasteiger partial charge < -0.3 is 4.57 Å². The topological polar surface area (TPSA) is 58.4 Å². The fourth-order valence-electron chi connectivity index (χ4n) is 3.38. The average molecular weight is 453 g/mol. The summed E-state index contributed by atoms with van der Waals surface area (Å²) in [7, 11) is 1.34. The third-order valence-electron chi connectivity index (χ3n) is 4.93. The molecule has 2 aromatic carbocycles. The second-order valence-corrected chi connectivity index (χ2v) is 10.0. The summed E-state index contributed by atoms with van der Waals surface area (Å²) >= 11 is 6.16. The lowest BCUT2D eigenvalue weighted by Gasteiger charge is -2.18. The highest BCUT2D eigenvalue weighted by Gasteiger charge is 2.20. The number of aryl methyl sites for hydroxylation is 1. The average Bonchev–Trinajstić information content (AvgIpc) is 3.01. The number of aromatic nitrogens is 2. The van der Waals surface area contributed by atoms with E-state index in [1.165, 1.54) is 24.5 Å². The molecular formula is C21H26ClFN4O2S. The van der Waals surface area contributed by atoms with Crippen molar-refractivity contribution in [2.75, 3.05) is 21.1 Å². The van der Waals surface area contributed by atoms with Crippen LogP contribution in [0.15, 0.2) is 41.3 Å². The van der Waals surface area contributed by atoms with Crippen molar-refractivity contribution in [1.82, 2.24) is 18.8 Å². The quantitative estimate of drug-likeness (QED) is 0.515. The fourth-order valence-corrected chi connectivity index (χ4v) is 4.52. The number of fused-ring (bicyclic) bond motifs is 1. The zero-order valence-electron chi connectivity index (χ0n) is 17.6. The number of hydrogen-bond donors (Lipinski definition) is 0. The van der Waals surface area contributed by atoms with Crippen molar-refractivity contribution >= 4 is 32.7 Å². The van der Waals surface area contributed by atoms with Crippen LogP contribution in [0.1, 0.15) is 24.7 Å². The molecule has 1 aromatic heterocycles. The first-order chi connectivity index (χ1) is 14.1. The van der Waals surface area contributed by atoms with E-state index in [4.69, 9.17) is 16.6 Å². The molecule has 0 aliphatic heterocycles. The SMILES string of the molecule is CCCn1c(CN(C)Cc2c(F)cccc2Cl)nc2cc(S(=O)(=O)N(C)C)ccc21. The summed E-state index contributed by atoms with van der Waals surface area (Å²) in [5, 5.41) is 0.391. The first kappa shape index (κ1) is 22.7. The van der Waals surface area contributed by atoms with Crippen LogP contribution in [0.25, 0.3) is 11.0 Å². The van der Waals surface area contributed by atoms with Crippen LogP contribution in [0.2, 0.25) is 5.02 Å². The summed E-state index contributed by atoms with van der Waals surface area (Å²) in [6, 6.07) is 9.67. The van der Waals surface area contributed by atoms with Gasteiger partial charge >= 0.3 is 0 Å².